The van der Waals surface area contributed by atoms with Gasteiger partial charge in [-0.2, -0.15) is 0 Å². The van der Waals surface area contributed by atoms with Crippen LogP contribution in [0.4, 0.5) is 0 Å². The van der Waals surface area contributed by atoms with Crippen LogP contribution in [0.25, 0.3) is 0 Å². The van der Waals surface area contributed by atoms with Gasteiger partial charge < -0.3 is 9.05 Å². The first kappa shape index (κ1) is 13.1. The number of hydrogen-bond donors (Lipinski definition) is 0. The quantitative estimate of drug-likeness (QED) is 0.716. The molecule has 0 aliphatic rings. The van der Waals surface area contributed by atoms with Crippen LogP contribution in [0.5, 0.6) is 0 Å². The van der Waals surface area contributed by atoms with Crippen LogP contribution in [-0.4, -0.2) is 26.2 Å². The third-order valence-corrected chi connectivity index (χ3v) is 4.37. The van der Waals surface area contributed by atoms with Gasteiger partial charge in [-0.05, 0) is 12.0 Å². The molecule has 4 nitrogen and oxygen atoms in total. The molecule has 5 heteroatoms. The van der Waals surface area contributed by atoms with Crippen molar-refractivity contribution in [3.63, 3.8) is 0 Å². The van der Waals surface area contributed by atoms with Gasteiger partial charge in [0, 0.05) is 14.2 Å². The first-order valence-electron chi connectivity index (χ1n) is 4.79. The van der Waals surface area contributed by atoms with Crippen LogP contribution in [0.2, 0.25) is 0 Å². The molecule has 0 aliphatic heterocycles. The van der Waals surface area contributed by atoms with Crippen molar-refractivity contribution in [2.24, 2.45) is 0 Å². The fourth-order valence-electron chi connectivity index (χ4n) is 1.38. The number of rotatable bonds is 6. The van der Waals surface area contributed by atoms with Crippen LogP contribution < -0.4 is 0 Å². The largest absolute Gasteiger partial charge is 0.341 e. The van der Waals surface area contributed by atoms with E-state index in [0.717, 1.165) is 5.56 Å². The molecule has 0 aromatic heterocycles. The molecule has 87 valence electrons. The Morgan fingerprint density at radius 1 is 1.25 bits per heavy atom. The van der Waals surface area contributed by atoms with Gasteiger partial charge in [0.05, 0.1) is 0 Å². The molecular formula is C11H14O4P. The second-order valence-corrected chi connectivity index (χ2v) is 5.66. The fourth-order valence-corrected chi connectivity index (χ4v) is 2.61. The molecule has 0 fully saturated rings. The topological polar surface area (TPSA) is 52.6 Å². The van der Waals surface area contributed by atoms with Crippen LogP contribution in [0.3, 0.4) is 0 Å². The molecule has 1 atom stereocenters. The van der Waals surface area contributed by atoms with E-state index in [1.165, 1.54) is 14.2 Å². The molecule has 0 spiro atoms. The second-order valence-electron chi connectivity index (χ2n) is 3.23. The van der Waals surface area contributed by atoms with Gasteiger partial charge in [-0.15, -0.1) is 0 Å². The SMILES string of the molecule is COP(=O)(OC)C([C]=O)Cc1ccccc1. The Morgan fingerprint density at radius 3 is 2.25 bits per heavy atom. The smallest absolute Gasteiger partial charge is 0.311 e. The summed E-state index contributed by atoms with van der Waals surface area (Å²) in [5.74, 6) is 0. The second kappa shape index (κ2) is 5.94. The first-order chi connectivity index (χ1) is 7.66. The average molecular weight is 241 g/mol. The summed E-state index contributed by atoms with van der Waals surface area (Å²) < 4.78 is 21.5. The normalized spacial score (nSPS) is 13.4. The van der Waals surface area contributed by atoms with E-state index in [0.29, 0.717) is 6.42 Å². The summed E-state index contributed by atoms with van der Waals surface area (Å²) in [5, 5.41) is 0. The molecule has 0 saturated carbocycles. The zero-order valence-electron chi connectivity index (χ0n) is 9.25. The fraction of sp³-hybridized carbons (Fsp3) is 0.364. The zero-order valence-corrected chi connectivity index (χ0v) is 10.1. The van der Waals surface area contributed by atoms with E-state index in [9.17, 15) is 9.36 Å². The molecule has 0 bridgehead atoms. The lowest BCUT2D eigenvalue weighted by Crippen LogP contribution is -2.16. The van der Waals surface area contributed by atoms with E-state index in [2.05, 4.69) is 0 Å². The molecule has 1 rings (SSSR count). The monoisotopic (exact) mass is 241 g/mol. The maximum absolute atomic E-state index is 12.0. The Hall–Kier alpha value is -0.960. The predicted octanol–water partition coefficient (Wildman–Crippen LogP) is 2.19. The Bertz CT molecular complexity index is 369. The maximum Gasteiger partial charge on any atom is 0.341 e. The number of carbonyl (C=O) groups excluding carboxylic acids is 1. The molecule has 0 heterocycles. The Kier molecular flexibility index (Phi) is 4.87. The van der Waals surface area contributed by atoms with Gasteiger partial charge in [0.15, 0.2) is 0 Å². The number of benzene rings is 1. The predicted molar refractivity (Wildman–Crippen MR) is 61.3 cm³/mol. The van der Waals surface area contributed by atoms with Gasteiger partial charge in [0.1, 0.15) is 5.66 Å². The van der Waals surface area contributed by atoms with E-state index in [-0.39, 0.29) is 0 Å². The highest BCUT2D eigenvalue weighted by Gasteiger charge is 2.34. The van der Waals surface area contributed by atoms with Gasteiger partial charge in [-0.25, -0.2) is 0 Å². The van der Waals surface area contributed by atoms with Crippen molar-refractivity contribution in [1.82, 2.24) is 0 Å². The third-order valence-electron chi connectivity index (χ3n) is 2.30. The summed E-state index contributed by atoms with van der Waals surface area (Å²) in [6.07, 6.45) is 2.02. The number of hydrogen-bond acceptors (Lipinski definition) is 4. The lowest BCUT2D eigenvalue weighted by molar-refractivity contribution is 0.271. The van der Waals surface area contributed by atoms with Gasteiger partial charge in [0.25, 0.3) is 0 Å². The highest BCUT2D eigenvalue weighted by Crippen LogP contribution is 2.51. The first-order valence-corrected chi connectivity index (χ1v) is 6.40. The summed E-state index contributed by atoms with van der Waals surface area (Å²) in [7, 11) is -0.853. The Labute approximate surface area is 95.1 Å². The highest BCUT2D eigenvalue weighted by molar-refractivity contribution is 7.55. The highest BCUT2D eigenvalue weighted by atomic mass is 31.2. The lowest BCUT2D eigenvalue weighted by atomic mass is 10.1. The lowest BCUT2D eigenvalue weighted by Gasteiger charge is -2.19. The molecule has 1 aromatic rings. The van der Waals surface area contributed by atoms with Crippen molar-refractivity contribution < 1.29 is 18.4 Å². The van der Waals surface area contributed by atoms with Crippen LogP contribution in [0.1, 0.15) is 5.56 Å². The summed E-state index contributed by atoms with van der Waals surface area (Å²) in [6, 6.07) is 9.26. The third kappa shape index (κ3) is 3.01. The molecule has 16 heavy (non-hydrogen) atoms. The van der Waals surface area contributed by atoms with E-state index in [4.69, 9.17) is 9.05 Å². The van der Waals surface area contributed by atoms with Gasteiger partial charge in [-0.3, -0.25) is 9.36 Å². The molecule has 1 radical (unpaired) electrons. The molecule has 0 saturated heterocycles. The summed E-state index contributed by atoms with van der Waals surface area (Å²) in [6.45, 7) is 0. The van der Waals surface area contributed by atoms with Crippen molar-refractivity contribution in [3.8, 4) is 0 Å². The van der Waals surface area contributed by atoms with Crippen molar-refractivity contribution in [1.29, 1.82) is 0 Å². The standard InChI is InChI=1S/C11H14O4P/c1-14-16(13,15-2)11(9-12)8-10-6-4-3-5-7-10/h3-7,11H,8H2,1-2H3. The van der Waals surface area contributed by atoms with Gasteiger partial charge in [0.2, 0.25) is 6.29 Å². The molecule has 0 amide bonds. The van der Waals surface area contributed by atoms with E-state index in [1.807, 2.05) is 30.3 Å². The van der Waals surface area contributed by atoms with Crippen LogP contribution >= 0.6 is 7.60 Å². The average Bonchev–Trinajstić information content (AvgIpc) is 2.36. The summed E-state index contributed by atoms with van der Waals surface area (Å²) in [4.78, 5) is 10.8. The molecule has 0 N–H and O–H groups in total. The minimum Gasteiger partial charge on any atom is -0.311 e. The minimum absolute atomic E-state index is 0.295. The molecule has 1 aromatic carbocycles. The van der Waals surface area contributed by atoms with Gasteiger partial charge in [-0.1, -0.05) is 30.3 Å². The van der Waals surface area contributed by atoms with E-state index < -0.39 is 13.3 Å². The van der Waals surface area contributed by atoms with Crippen molar-refractivity contribution in [3.05, 3.63) is 35.9 Å². The van der Waals surface area contributed by atoms with Crippen molar-refractivity contribution >= 4 is 13.9 Å². The van der Waals surface area contributed by atoms with Gasteiger partial charge >= 0.3 is 7.60 Å². The summed E-state index contributed by atoms with van der Waals surface area (Å²) >= 11 is 0. The zero-order chi connectivity index (χ0) is 12.0. The molecular weight excluding hydrogens is 227 g/mol. The molecule has 1 unspecified atom stereocenters. The van der Waals surface area contributed by atoms with E-state index >= 15 is 0 Å². The minimum atomic E-state index is -3.38. The van der Waals surface area contributed by atoms with Crippen molar-refractivity contribution in [2.75, 3.05) is 14.2 Å². The maximum atomic E-state index is 12.0. The summed E-state index contributed by atoms with van der Waals surface area (Å²) in [5.41, 5.74) is 0.00933. The van der Waals surface area contributed by atoms with E-state index in [1.54, 1.807) is 6.29 Å². The Balaban J connectivity index is 2.84. The Morgan fingerprint density at radius 2 is 1.81 bits per heavy atom. The molecule has 0 aliphatic carbocycles. The van der Waals surface area contributed by atoms with Crippen molar-refractivity contribution in [2.45, 2.75) is 12.1 Å². The van der Waals surface area contributed by atoms with Crippen LogP contribution in [0.15, 0.2) is 30.3 Å². The van der Waals surface area contributed by atoms with Crippen LogP contribution in [-0.2, 0) is 24.8 Å². The van der Waals surface area contributed by atoms with Crippen LogP contribution in [0, 0.1) is 0 Å².